The summed E-state index contributed by atoms with van der Waals surface area (Å²) < 4.78 is 5.22. The van der Waals surface area contributed by atoms with E-state index in [1.165, 1.54) is 5.56 Å². The minimum Gasteiger partial charge on any atom is -0.497 e. The third-order valence-electron chi connectivity index (χ3n) is 5.22. The Morgan fingerprint density at radius 1 is 1.32 bits per heavy atom. The number of guanidine groups is 1. The molecule has 0 aliphatic heterocycles. The number of aliphatic imine (C=N–C) groups is 1. The van der Waals surface area contributed by atoms with Crippen molar-refractivity contribution in [2.45, 2.75) is 56.8 Å². The molecule has 1 aliphatic carbocycles. The highest BCUT2D eigenvalue weighted by molar-refractivity contribution is 14.0. The number of ether oxygens (including phenoxy) is 1. The maximum absolute atomic E-state index is 10.7. The summed E-state index contributed by atoms with van der Waals surface area (Å²) in [6, 6.07) is 8.27. The quantitative estimate of drug-likeness (QED) is 0.247. The van der Waals surface area contributed by atoms with Crippen LogP contribution in [0.1, 0.15) is 51.5 Å². The predicted octanol–water partition coefficient (Wildman–Crippen LogP) is 4.01. The first-order valence-electron chi connectivity index (χ1n) is 10.0. The lowest BCUT2D eigenvalue weighted by molar-refractivity contribution is -0.0154. The highest BCUT2D eigenvalue weighted by atomic mass is 127. The molecule has 0 aromatic heterocycles. The number of aliphatic hydroxyl groups is 1. The second kappa shape index (κ2) is 12.8. The van der Waals surface area contributed by atoms with Crippen molar-refractivity contribution < 1.29 is 9.84 Å². The van der Waals surface area contributed by atoms with Crippen molar-refractivity contribution >= 4 is 41.7 Å². The second-order valence-electron chi connectivity index (χ2n) is 7.17. The van der Waals surface area contributed by atoms with Crippen LogP contribution >= 0.6 is 35.7 Å². The Labute approximate surface area is 191 Å². The molecule has 1 aromatic rings. The lowest BCUT2D eigenvalue weighted by Gasteiger charge is -2.44. The third-order valence-corrected chi connectivity index (χ3v) is 6.63. The van der Waals surface area contributed by atoms with Crippen LogP contribution < -0.4 is 15.4 Å². The average molecular weight is 522 g/mol. The molecule has 2 rings (SSSR count). The number of nitrogens with one attached hydrogen (secondary N) is 2. The van der Waals surface area contributed by atoms with Gasteiger partial charge in [-0.05, 0) is 55.6 Å². The van der Waals surface area contributed by atoms with E-state index in [0.717, 1.165) is 49.8 Å². The van der Waals surface area contributed by atoms with Gasteiger partial charge in [-0.15, -0.1) is 24.0 Å². The van der Waals surface area contributed by atoms with Crippen molar-refractivity contribution in [1.29, 1.82) is 0 Å². The molecule has 5 nitrogen and oxygen atoms in total. The number of rotatable bonds is 10. The van der Waals surface area contributed by atoms with Gasteiger partial charge in [-0.1, -0.05) is 26.0 Å². The molecule has 160 valence electrons. The zero-order chi connectivity index (χ0) is 19.7. The summed E-state index contributed by atoms with van der Waals surface area (Å²) in [6.07, 6.45) is 2.95. The van der Waals surface area contributed by atoms with E-state index in [0.29, 0.717) is 17.7 Å². The van der Waals surface area contributed by atoms with Crippen LogP contribution in [0.5, 0.6) is 5.75 Å². The van der Waals surface area contributed by atoms with Crippen LogP contribution in [-0.2, 0) is 0 Å². The monoisotopic (exact) mass is 521 g/mol. The highest BCUT2D eigenvalue weighted by Gasteiger charge is 2.45. The van der Waals surface area contributed by atoms with Crippen LogP contribution in [0.4, 0.5) is 0 Å². The van der Waals surface area contributed by atoms with Gasteiger partial charge in [0.25, 0.3) is 0 Å². The van der Waals surface area contributed by atoms with Gasteiger partial charge in [-0.25, -0.2) is 0 Å². The van der Waals surface area contributed by atoms with Crippen molar-refractivity contribution in [3.8, 4) is 5.75 Å². The minimum atomic E-state index is -0.639. The molecule has 1 aliphatic rings. The van der Waals surface area contributed by atoms with Crippen LogP contribution in [0, 0.1) is 0 Å². The zero-order valence-corrected chi connectivity index (χ0v) is 20.7. The molecule has 0 spiro atoms. The summed E-state index contributed by atoms with van der Waals surface area (Å²) >= 11 is 1.84. The molecule has 0 heterocycles. The SMILES string of the molecule is CCNC(=NCC1(O)CCC1SCC)NCCC(C)c1ccc(OC)cc1.I. The maximum atomic E-state index is 10.7. The predicted molar refractivity (Wildman–Crippen MR) is 132 cm³/mol. The Balaban J connectivity index is 0.00000392. The summed E-state index contributed by atoms with van der Waals surface area (Å²) in [7, 11) is 1.69. The number of hydrogen-bond donors (Lipinski definition) is 3. The van der Waals surface area contributed by atoms with Crippen LogP contribution in [0.3, 0.4) is 0 Å². The first-order chi connectivity index (χ1) is 13.0. The Hall–Kier alpha value is -0.670. The molecule has 3 N–H and O–H groups in total. The third kappa shape index (κ3) is 7.30. The van der Waals surface area contributed by atoms with Gasteiger partial charge in [-0.3, -0.25) is 4.99 Å². The number of thioether (sulfide) groups is 1. The number of benzene rings is 1. The highest BCUT2D eigenvalue weighted by Crippen LogP contribution is 2.41. The van der Waals surface area contributed by atoms with Gasteiger partial charge in [0.05, 0.1) is 19.3 Å². The summed E-state index contributed by atoms with van der Waals surface area (Å²) in [4.78, 5) is 4.65. The Kier molecular flexibility index (Phi) is 11.6. The largest absolute Gasteiger partial charge is 0.497 e. The summed E-state index contributed by atoms with van der Waals surface area (Å²) in [5.74, 6) is 3.17. The van der Waals surface area contributed by atoms with Crippen LogP contribution in [0.2, 0.25) is 0 Å². The van der Waals surface area contributed by atoms with Crippen LogP contribution in [0.25, 0.3) is 0 Å². The fourth-order valence-electron chi connectivity index (χ4n) is 3.28. The number of hydrogen-bond acceptors (Lipinski definition) is 4. The number of halogens is 1. The normalized spacial score (nSPS) is 22.6. The zero-order valence-electron chi connectivity index (χ0n) is 17.5. The molecule has 28 heavy (non-hydrogen) atoms. The van der Waals surface area contributed by atoms with Gasteiger partial charge in [0, 0.05) is 18.3 Å². The van der Waals surface area contributed by atoms with Gasteiger partial charge in [0.1, 0.15) is 5.75 Å². The standard InChI is InChI=1S/C21H35N3O2S.HI/c1-5-22-20(24-15-21(25)13-11-19(21)27-6-2)23-14-12-16(3)17-7-9-18(26-4)10-8-17;/h7-10,16,19,25H,5-6,11-15H2,1-4H3,(H2,22,23,24);1H. The van der Waals surface area contributed by atoms with E-state index in [2.05, 4.69) is 48.5 Å². The average Bonchev–Trinajstić information content (AvgIpc) is 2.69. The van der Waals surface area contributed by atoms with Gasteiger partial charge in [0.2, 0.25) is 0 Å². The molecule has 3 unspecified atom stereocenters. The smallest absolute Gasteiger partial charge is 0.191 e. The summed E-state index contributed by atoms with van der Waals surface area (Å²) in [5.41, 5.74) is 0.669. The van der Waals surface area contributed by atoms with Crippen molar-refractivity contribution in [2.75, 3.05) is 32.5 Å². The van der Waals surface area contributed by atoms with Gasteiger partial charge >= 0.3 is 0 Å². The van der Waals surface area contributed by atoms with E-state index >= 15 is 0 Å². The van der Waals surface area contributed by atoms with Crippen molar-refractivity contribution in [2.24, 2.45) is 4.99 Å². The molecular weight excluding hydrogens is 485 g/mol. The molecule has 7 heteroatoms. The Bertz CT molecular complexity index is 600. The maximum Gasteiger partial charge on any atom is 0.191 e. The molecule has 0 saturated heterocycles. The molecule has 3 atom stereocenters. The lowest BCUT2D eigenvalue weighted by Crippen LogP contribution is -2.53. The van der Waals surface area contributed by atoms with Crippen LogP contribution in [-0.4, -0.2) is 54.4 Å². The van der Waals surface area contributed by atoms with Crippen molar-refractivity contribution in [3.05, 3.63) is 29.8 Å². The van der Waals surface area contributed by atoms with E-state index in [4.69, 9.17) is 4.74 Å². The topological polar surface area (TPSA) is 65.9 Å². The second-order valence-corrected chi connectivity index (χ2v) is 8.65. The Morgan fingerprint density at radius 3 is 2.57 bits per heavy atom. The van der Waals surface area contributed by atoms with E-state index in [1.807, 2.05) is 23.9 Å². The molecule has 1 saturated carbocycles. The summed E-state index contributed by atoms with van der Waals surface area (Å²) in [6.45, 7) is 8.55. The number of nitrogens with zero attached hydrogens (tertiary/aromatic N) is 1. The van der Waals surface area contributed by atoms with E-state index in [1.54, 1.807) is 7.11 Å². The molecule has 0 radical (unpaired) electrons. The molecule has 0 bridgehead atoms. The first-order valence-corrected chi connectivity index (χ1v) is 11.1. The van der Waals surface area contributed by atoms with Gasteiger partial charge in [-0.2, -0.15) is 11.8 Å². The molecule has 0 amide bonds. The first kappa shape index (κ1) is 25.4. The Morgan fingerprint density at radius 2 is 2.04 bits per heavy atom. The van der Waals surface area contributed by atoms with Crippen molar-refractivity contribution in [1.82, 2.24) is 10.6 Å². The van der Waals surface area contributed by atoms with E-state index in [9.17, 15) is 5.11 Å². The summed E-state index contributed by atoms with van der Waals surface area (Å²) in [5, 5.41) is 17.7. The molecular formula is C21H36IN3O2S. The van der Waals surface area contributed by atoms with E-state index < -0.39 is 5.60 Å². The molecule has 1 aromatic carbocycles. The van der Waals surface area contributed by atoms with Crippen LogP contribution in [0.15, 0.2) is 29.3 Å². The van der Waals surface area contributed by atoms with Gasteiger partial charge < -0.3 is 20.5 Å². The fourth-order valence-corrected chi connectivity index (χ4v) is 4.47. The van der Waals surface area contributed by atoms with Crippen molar-refractivity contribution in [3.63, 3.8) is 0 Å². The van der Waals surface area contributed by atoms with E-state index in [-0.39, 0.29) is 24.0 Å². The fraction of sp³-hybridized carbons (Fsp3) is 0.667. The molecule has 1 fully saturated rings. The minimum absolute atomic E-state index is 0. The van der Waals surface area contributed by atoms with Gasteiger partial charge in [0.15, 0.2) is 5.96 Å². The lowest BCUT2D eigenvalue weighted by atomic mass is 9.79. The number of methoxy groups -OCH3 is 1.